The number of phenols is 1. The molecule has 2 aromatic carbocycles. The molecule has 0 spiro atoms. The Hall–Kier alpha value is -2.69. The number of carbonyl (C=O) groups excluding carboxylic acids is 3. The summed E-state index contributed by atoms with van der Waals surface area (Å²) in [7, 11) is -8.24. The van der Waals surface area contributed by atoms with Gasteiger partial charge in [0, 0.05) is 12.6 Å². The quantitative estimate of drug-likeness (QED) is 0.0560. The van der Waals surface area contributed by atoms with E-state index in [0.29, 0.717) is 43.4 Å². The Kier molecular flexibility index (Phi) is 15.7. The zero-order valence-electron chi connectivity index (χ0n) is 26.9. The Balaban J connectivity index is 0.00000768. The van der Waals surface area contributed by atoms with Crippen LogP contribution in [0, 0.1) is 5.41 Å². The minimum Gasteiger partial charge on any atom is -0.548 e. The number of carbonyl (C=O) groups is 3. The topological polar surface area (TPSA) is 228 Å². The Morgan fingerprint density at radius 1 is 0.957 bits per heavy atom. The summed E-state index contributed by atoms with van der Waals surface area (Å²) in [4.78, 5) is 50.9. The van der Waals surface area contributed by atoms with Gasteiger partial charge >= 0.3 is 18.9 Å². The van der Waals surface area contributed by atoms with E-state index >= 15 is 0 Å². The Morgan fingerprint density at radius 2 is 1.55 bits per heavy atom. The van der Waals surface area contributed by atoms with Crippen molar-refractivity contribution in [3.63, 3.8) is 0 Å². The molecule has 1 saturated carbocycles. The number of aromatic hydroxyl groups is 1. The van der Waals surface area contributed by atoms with Crippen LogP contribution in [0.1, 0.15) is 56.1 Å². The number of amides is 2. The minimum absolute atomic E-state index is 0. The summed E-state index contributed by atoms with van der Waals surface area (Å²) in [6.07, 6.45) is 2.86. The maximum absolute atomic E-state index is 14.3. The van der Waals surface area contributed by atoms with Crippen molar-refractivity contribution in [2.24, 2.45) is 11.1 Å². The van der Waals surface area contributed by atoms with Gasteiger partial charge in [0.25, 0.3) is 0 Å². The molecule has 3 rings (SSSR count). The third-order valence-electron chi connectivity index (χ3n) is 8.23. The number of hydrogen-bond donors (Lipinski definition) is 6. The summed E-state index contributed by atoms with van der Waals surface area (Å²) in [5.41, 5.74) is 5.33. The fourth-order valence-electron chi connectivity index (χ4n) is 5.82. The van der Waals surface area contributed by atoms with Gasteiger partial charge < -0.3 is 36.3 Å². The monoisotopic (exact) mass is 686 g/mol. The molecule has 1 unspecified atom stereocenters. The van der Waals surface area contributed by atoms with Crippen LogP contribution >= 0.6 is 7.37 Å². The van der Waals surface area contributed by atoms with E-state index in [9.17, 15) is 42.5 Å². The smallest absolute Gasteiger partial charge is 0.548 e. The van der Waals surface area contributed by atoms with Gasteiger partial charge in [-0.3, -0.25) is 14.2 Å². The van der Waals surface area contributed by atoms with Crippen molar-refractivity contribution >= 4 is 35.2 Å². The van der Waals surface area contributed by atoms with Crippen LogP contribution in [0.5, 0.6) is 5.75 Å². The zero-order valence-corrected chi connectivity index (χ0v) is 28.6. The van der Waals surface area contributed by atoms with E-state index in [1.165, 1.54) is 24.3 Å². The second-order valence-corrected chi connectivity index (χ2v) is 16.3. The van der Waals surface area contributed by atoms with Crippen molar-refractivity contribution in [3.8, 4) is 5.75 Å². The normalized spacial score (nSPS) is 17.3. The Labute approximate surface area is 288 Å². The molecule has 1 aliphatic carbocycles. The van der Waals surface area contributed by atoms with E-state index in [-0.39, 0.29) is 56.7 Å². The molecule has 254 valence electrons. The fourth-order valence-corrected chi connectivity index (χ4v) is 8.93. The summed E-state index contributed by atoms with van der Waals surface area (Å²) in [6, 6.07) is 11.8. The first-order valence-corrected chi connectivity index (χ1v) is 19.1. The molecule has 0 aliphatic heterocycles. The molecule has 13 nitrogen and oxygen atoms in total. The van der Waals surface area contributed by atoms with Gasteiger partial charge in [0.2, 0.25) is 29.2 Å². The maximum atomic E-state index is 14.3. The summed E-state index contributed by atoms with van der Waals surface area (Å²) in [6.45, 7) is 0.341. The molecular weight excluding hydrogens is 642 g/mol. The first kappa shape index (κ1) is 40.5. The summed E-state index contributed by atoms with van der Waals surface area (Å²) in [5.74, 6) is -4.40. The average molecular weight is 687 g/mol. The molecule has 0 heterocycles. The number of nitrogens with one attached hydrogen (secondary N) is 3. The average Bonchev–Trinajstić information content (AvgIpc) is 3.46. The van der Waals surface area contributed by atoms with Gasteiger partial charge in [-0.1, -0.05) is 61.7 Å². The van der Waals surface area contributed by atoms with Gasteiger partial charge in [0.1, 0.15) is 17.6 Å². The molecular formula is C31H44LiN4O9PS. The van der Waals surface area contributed by atoms with Gasteiger partial charge in [0.15, 0.2) is 0 Å². The minimum atomic E-state index is -4.43. The first-order valence-electron chi connectivity index (χ1n) is 15.3. The number of rotatable bonds is 18. The predicted molar refractivity (Wildman–Crippen MR) is 171 cm³/mol. The number of nitrogens with two attached hydrogens (primary N) is 1. The fraction of sp³-hybridized carbons (Fsp3) is 0.516. The van der Waals surface area contributed by atoms with E-state index < -0.39 is 64.6 Å². The Bertz CT molecular complexity index is 1490. The second kappa shape index (κ2) is 18.2. The maximum Gasteiger partial charge on any atom is 1.00 e. The number of hydrogen-bond acceptors (Lipinski definition) is 9. The molecule has 0 aromatic heterocycles. The molecule has 7 N–H and O–H groups in total. The van der Waals surface area contributed by atoms with Crippen LogP contribution in [-0.2, 0) is 41.8 Å². The van der Waals surface area contributed by atoms with Crippen molar-refractivity contribution in [1.82, 2.24) is 15.4 Å². The van der Waals surface area contributed by atoms with Crippen molar-refractivity contribution in [2.75, 3.05) is 19.0 Å². The van der Waals surface area contributed by atoms with Crippen LogP contribution in [0.3, 0.4) is 0 Å². The van der Waals surface area contributed by atoms with Crippen molar-refractivity contribution in [3.05, 3.63) is 65.7 Å². The number of carboxylic acid groups (broad SMARTS) is 1. The van der Waals surface area contributed by atoms with Crippen LogP contribution in [0.4, 0.5) is 0 Å². The van der Waals surface area contributed by atoms with Crippen molar-refractivity contribution < 1.29 is 61.3 Å². The van der Waals surface area contributed by atoms with Gasteiger partial charge in [-0.25, -0.2) is 13.1 Å². The van der Waals surface area contributed by atoms with Gasteiger partial charge in [-0.05, 0) is 61.9 Å². The zero-order chi connectivity index (χ0) is 34.0. The number of sulfonamides is 1. The summed E-state index contributed by atoms with van der Waals surface area (Å²) >= 11 is 0. The molecule has 4 atom stereocenters. The molecule has 2 aromatic rings. The third kappa shape index (κ3) is 12.7. The van der Waals surface area contributed by atoms with Gasteiger partial charge in [-0.2, -0.15) is 0 Å². The predicted octanol–water partition coefficient (Wildman–Crippen LogP) is -2.26. The van der Waals surface area contributed by atoms with E-state index in [1.807, 2.05) is 0 Å². The van der Waals surface area contributed by atoms with E-state index in [0.717, 1.165) is 6.26 Å². The van der Waals surface area contributed by atoms with Crippen LogP contribution < -0.4 is 45.1 Å². The summed E-state index contributed by atoms with van der Waals surface area (Å²) < 4.78 is 40.7. The third-order valence-corrected chi connectivity index (χ3v) is 11.3. The number of aliphatic carboxylic acids is 1. The molecule has 0 bridgehead atoms. The van der Waals surface area contributed by atoms with Gasteiger partial charge in [0.05, 0.1) is 23.7 Å². The SMILES string of the molecule is CS(=O)(=O)N[C@@H](CCCCN)C(=O)N[C@@H](Cc1ccccc1)P(=O)(O)CC1(C(=O)N[C@@H](Cc2ccc(O)cc2)C(=O)[O-])CCCC1.[Li+]. The molecule has 16 heteroatoms. The van der Waals surface area contributed by atoms with Crippen LogP contribution in [0.25, 0.3) is 0 Å². The van der Waals surface area contributed by atoms with E-state index in [2.05, 4.69) is 15.4 Å². The van der Waals surface area contributed by atoms with Gasteiger partial charge in [-0.15, -0.1) is 0 Å². The van der Waals surface area contributed by atoms with Crippen molar-refractivity contribution in [2.45, 2.75) is 75.7 Å². The van der Waals surface area contributed by atoms with Crippen molar-refractivity contribution in [1.29, 1.82) is 0 Å². The molecule has 0 saturated heterocycles. The largest absolute Gasteiger partial charge is 1.00 e. The number of benzene rings is 2. The molecule has 0 radical (unpaired) electrons. The number of unbranched alkanes of at least 4 members (excludes halogenated alkanes) is 1. The second-order valence-electron chi connectivity index (χ2n) is 12.1. The van der Waals surface area contributed by atoms with E-state index in [4.69, 9.17) is 5.73 Å². The first-order chi connectivity index (χ1) is 21.6. The van der Waals surface area contributed by atoms with Crippen LogP contribution in [0.2, 0.25) is 0 Å². The molecule has 47 heavy (non-hydrogen) atoms. The van der Waals surface area contributed by atoms with E-state index in [1.54, 1.807) is 30.3 Å². The molecule has 1 fully saturated rings. The van der Waals surface area contributed by atoms with Crippen LogP contribution in [0.15, 0.2) is 54.6 Å². The van der Waals surface area contributed by atoms with Crippen LogP contribution in [-0.4, -0.2) is 73.0 Å². The standard InChI is InChI=1S/C31H45N4O9PS.Li/c1-46(43,44)35-25(11-5-8-18-32)28(37)34-27(20-22-9-3-2-4-10-22)45(41,42)21-31(16-6-7-17-31)30(40)33-26(29(38)39)19-23-12-14-24(36)15-13-23;/h2-4,9-10,12-15,25-27,35-36H,5-8,11,16-21,32H2,1H3,(H,33,40)(H,34,37)(H,38,39)(H,41,42);/q;+1/p-1/t25-,26-,27+;/m0./s1. The number of carboxylic acids is 1. The summed E-state index contributed by atoms with van der Waals surface area (Å²) in [5, 5.41) is 26.7. The molecule has 1 aliphatic rings. The molecule has 2 amide bonds. The number of phenolic OH excluding ortho intramolecular Hbond substituents is 1. The Morgan fingerprint density at radius 3 is 2.11 bits per heavy atom.